The normalized spacial score (nSPS) is 17.9. The van der Waals surface area contributed by atoms with Crippen molar-refractivity contribution in [3.8, 4) is 5.75 Å². The molecule has 2 aromatic rings. The molecule has 0 radical (unpaired) electrons. The summed E-state index contributed by atoms with van der Waals surface area (Å²) in [7, 11) is 1.85. The van der Waals surface area contributed by atoms with E-state index in [2.05, 4.69) is 10.3 Å². The number of nitrogens with one attached hydrogen (secondary N) is 1. The summed E-state index contributed by atoms with van der Waals surface area (Å²) in [4.78, 5) is 20.3. The lowest BCUT2D eigenvalue weighted by Gasteiger charge is -2.31. The number of hydrogen-bond acceptors (Lipinski definition) is 4. The van der Waals surface area contributed by atoms with Gasteiger partial charge in [0.05, 0.1) is 27.7 Å². The van der Waals surface area contributed by atoms with E-state index in [1.165, 1.54) is 4.88 Å². The molecule has 128 valence electrons. The molecule has 0 fully saturated rings. The third-order valence-corrected chi connectivity index (χ3v) is 5.64. The van der Waals surface area contributed by atoms with Crippen LogP contribution in [-0.4, -0.2) is 28.1 Å². The van der Waals surface area contributed by atoms with Crippen LogP contribution in [0.25, 0.3) is 0 Å². The van der Waals surface area contributed by atoms with Crippen LogP contribution in [0.3, 0.4) is 0 Å². The maximum atomic E-state index is 12.7. The molecular weight excluding hydrogens is 322 g/mol. The maximum absolute atomic E-state index is 12.7. The lowest BCUT2D eigenvalue weighted by Crippen LogP contribution is -2.41. The van der Waals surface area contributed by atoms with Crippen LogP contribution >= 0.6 is 11.3 Å². The van der Waals surface area contributed by atoms with Crippen molar-refractivity contribution >= 4 is 17.4 Å². The average molecular weight is 345 g/mol. The summed E-state index contributed by atoms with van der Waals surface area (Å²) in [6.45, 7) is 3.94. The molecule has 2 amide bonds. The summed E-state index contributed by atoms with van der Waals surface area (Å²) in [6.07, 6.45) is 3.03. The fourth-order valence-corrected chi connectivity index (χ4v) is 4.35. The van der Waals surface area contributed by atoms with Crippen LogP contribution in [0.5, 0.6) is 5.75 Å². The molecule has 6 heteroatoms. The van der Waals surface area contributed by atoms with Crippen molar-refractivity contribution in [3.63, 3.8) is 0 Å². The van der Waals surface area contributed by atoms with Gasteiger partial charge in [-0.25, -0.2) is 9.78 Å². The van der Waals surface area contributed by atoms with Gasteiger partial charge in [-0.15, -0.1) is 11.3 Å². The van der Waals surface area contributed by atoms with Gasteiger partial charge < -0.3 is 15.3 Å². The summed E-state index contributed by atoms with van der Waals surface area (Å²) < 4.78 is 0. The number of carbonyl (C=O) groups excluding carboxylic acids is 1. The lowest BCUT2D eigenvalue weighted by atomic mass is 9.97. The number of fused-ring (bicyclic) bond motifs is 1. The SMILES string of the molecule is Cc1nc2c(s1)[C@H](N(C)C(=O)N[C@@H](C)c1cccc(O)c1)CCC2. The minimum absolute atomic E-state index is 0.0938. The zero-order valence-electron chi connectivity index (χ0n) is 14.2. The summed E-state index contributed by atoms with van der Waals surface area (Å²) in [5, 5.41) is 13.7. The van der Waals surface area contributed by atoms with Crippen molar-refractivity contribution in [2.45, 2.75) is 45.2 Å². The fourth-order valence-electron chi connectivity index (χ4n) is 3.19. The Morgan fingerprint density at radius 3 is 3.04 bits per heavy atom. The van der Waals surface area contributed by atoms with Crippen LogP contribution in [-0.2, 0) is 6.42 Å². The van der Waals surface area contributed by atoms with Gasteiger partial charge in [0.2, 0.25) is 0 Å². The predicted molar refractivity (Wildman–Crippen MR) is 95.3 cm³/mol. The Hall–Kier alpha value is -2.08. The van der Waals surface area contributed by atoms with E-state index in [0.29, 0.717) is 0 Å². The van der Waals surface area contributed by atoms with Gasteiger partial charge in [0.25, 0.3) is 0 Å². The number of urea groups is 1. The second kappa shape index (κ2) is 6.81. The highest BCUT2D eigenvalue weighted by atomic mass is 32.1. The first-order valence-electron chi connectivity index (χ1n) is 8.24. The van der Waals surface area contributed by atoms with Crippen LogP contribution in [0.2, 0.25) is 0 Å². The number of hydrogen-bond donors (Lipinski definition) is 2. The number of thiazole rings is 1. The molecule has 24 heavy (non-hydrogen) atoms. The molecule has 5 nitrogen and oxygen atoms in total. The predicted octanol–water partition coefficient (Wildman–Crippen LogP) is 3.94. The first-order chi connectivity index (χ1) is 11.5. The van der Waals surface area contributed by atoms with E-state index in [4.69, 9.17) is 0 Å². The van der Waals surface area contributed by atoms with Gasteiger partial charge in [0, 0.05) is 7.05 Å². The van der Waals surface area contributed by atoms with E-state index in [1.807, 2.05) is 27.0 Å². The highest BCUT2D eigenvalue weighted by Crippen LogP contribution is 2.37. The monoisotopic (exact) mass is 345 g/mol. The van der Waals surface area contributed by atoms with Crippen LogP contribution in [0.1, 0.15) is 53.0 Å². The van der Waals surface area contributed by atoms with Gasteiger partial charge in [-0.2, -0.15) is 0 Å². The molecule has 1 aromatic heterocycles. The van der Waals surface area contributed by atoms with E-state index < -0.39 is 0 Å². The van der Waals surface area contributed by atoms with Crippen molar-refractivity contribution in [2.75, 3.05) is 7.05 Å². The molecule has 3 rings (SSSR count). The standard InChI is InChI=1S/C18H23N3O2S/c1-11(13-6-4-7-14(22)10-13)19-18(23)21(3)16-9-5-8-15-17(16)24-12(2)20-15/h4,6-7,10-11,16,22H,5,8-9H2,1-3H3,(H,19,23)/t11-,16+/m0/s1. The van der Waals surface area contributed by atoms with Crippen LogP contribution in [0.15, 0.2) is 24.3 Å². The number of rotatable bonds is 3. The molecule has 0 spiro atoms. The molecule has 2 N–H and O–H groups in total. The van der Waals surface area contributed by atoms with Crippen molar-refractivity contribution in [1.29, 1.82) is 0 Å². The number of carbonyl (C=O) groups is 1. The Morgan fingerprint density at radius 2 is 2.29 bits per heavy atom. The van der Waals surface area contributed by atoms with Gasteiger partial charge in [-0.3, -0.25) is 0 Å². The smallest absolute Gasteiger partial charge is 0.318 e. The number of nitrogens with zero attached hydrogens (tertiary/aromatic N) is 2. The highest BCUT2D eigenvalue weighted by molar-refractivity contribution is 7.11. The Morgan fingerprint density at radius 1 is 1.50 bits per heavy atom. The number of aromatic nitrogens is 1. The molecule has 0 bridgehead atoms. The molecule has 0 saturated carbocycles. The lowest BCUT2D eigenvalue weighted by molar-refractivity contribution is 0.182. The number of phenolic OH excluding ortho intramolecular Hbond substituents is 1. The highest BCUT2D eigenvalue weighted by Gasteiger charge is 2.30. The molecule has 1 aliphatic carbocycles. The zero-order chi connectivity index (χ0) is 17.3. The second-order valence-electron chi connectivity index (χ2n) is 6.33. The first-order valence-corrected chi connectivity index (χ1v) is 9.06. The summed E-state index contributed by atoms with van der Waals surface area (Å²) in [5.74, 6) is 0.207. The number of benzene rings is 1. The molecular formula is C18H23N3O2S. The van der Waals surface area contributed by atoms with Crippen molar-refractivity contribution in [3.05, 3.63) is 45.4 Å². The molecule has 0 unspecified atom stereocenters. The van der Waals surface area contributed by atoms with Crippen LogP contribution < -0.4 is 5.32 Å². The zero-order valence-corrected chi connectivity index (χ0v) is 15.1. The van der Waals surface area contributed by atoms with Gasteiger partial charge >= 0.3 is 6.03 Å². The molecule has 0 saturated heterocycles. The summed E-state index contributed by atoms with van der Waals surface area (Å²) >= 11 is 1.70. The van der Waals surface area contributed by atoms with E-state index >= 15 is 0 Å². The number of phenols is 1. The minimum atomic E-state index is -0.168. The number of aromatic hydroxyl groups is 1. The summed E-state index contributed by atoms with van der Waals surface area (Å²) in [5.41, 5.74) is 2.03. The van der Waals surface area contributed by atoms with Crippen LogP contribution in [0.4, 0.5) is 4.79 Å². The summed E-state index contributed by atoms with van der Waals surface area (Å²) in [6, 6.07) is 6.81. The van der Waals surface area contributed by atoms with Gasteiger partial charge in [0.15, 0.2) is 0 Å². The van der Waals surface area contributed by atoms with Gasteiger partial charge in [-0.1, -0.05) is 12.1 Å². The Bertz CT molecular complexity index is 744. The second-order valence-corrected chi connectivity index (χ2v) is 7.56. The number of aryl methyl sites for hydroxylation is 2. The minimum Gasteiger partial charge on any atom is -0.508 e. The van der Waals surface area contributed by atoms with Crippen molar-refractivity contribution < 1.29 is 9.90 Å². The number of amides is 2. The van der Waals surface area contributed by atoms with E-state index in [-0.39, 0.29) is 23.9 Å². The largest absolute Gasteiger partial charge is 0.508 e. The Kier molecular flexibility index (Phi) is 4.76. The van der Waals surface area contributed by atoms with Crippen LogP contribution in [0, 0.1) is 6.92 Å². The van der Waals surface area contributed by atoms with Crippen molar-refractivity contribution in [2.24, 2.45) is 0 Å². The quantitative estimate of drug-likeness (QED) is 0.885. The van der Waals surface area contributed by atoms with Gasteiger partial charge in [-0.05, 0) is 50.8 Å². The third kappa shape index (κ3) is 3.38. The fraction of sp³-hybridized carbons (Fsp3) is 0.444. The van der Waals surface area contributed by atoms with Crippen molar-refractivity contribution in [1.82, 2.24) is 15.2 Å². The molecule has 1 aromatic carbocycles. The maximum Gasteiger partial charge on any atom is 0.318 e. The van der Waals surface area contributed by atoms with E-state index in [0.717, 1.165) is 35.5 Å². The first kappa shape index (κ1) is 16.8. The average Bonchev–Trinajstić information content (AvgIpc) is 2.94. The molecule has 2 atom stereocenters. The molecule has 0 aliphatic heterocycles. The Labute approximate surface area is 146 Å². The third-order valence-electron chi connectivity index (χ3n) is 4.53. The van der Waals surface area contributed by atoms with Gasteiger partial charge in [0.1, 0.15) is 5.75 Å². The molecule has 1 heterocycles. The Balaban J connectivity index is 1.71. The molecule has 1 aliphatic rings. The van der Waals surface area contributed by atoms with E-state index in [1.54, 1.807) is 34.4 Å². The topological polar surface area (TPSA) is 65.5 Å². The van der Waals surface area contributed by atoms with E-state index in [9.17, 15) is 9.90 Å².